The molecular formula is C15H27N3S2. The molecule has 2 heterocycles. The van der Waals surface area contributed by atoms with Crippen molar-refractivity contribution in [3.05, 3.63) is 23.8 Å². The van der Waals surface area contributed by atoms with Crippen LogP contribution in [0.3, 0.4) is 0 Å². The summed E-state index contributed by atoms with van der Waals surface area (Å²) in [6.07, 6.45) is 9.58. The molecule has 2 rings (SSSR count). The Balaban J connectivity index is 1.94. The van der Waals surface area contributed by atoms with Crippen LogP contribution in [0.25, 0.3) is 0 Å². The smallest absolute Gasteiger partial charge is 0.0403 e. The third-order valence-corrected chi connectivity index (χ3v) is 9.00. The molecule has 2 aliphatic heterocycles. The lowest BCUT2D eigenvalue weighted by atomic mass is 10.2. The summed E-state index contributed by atoms with van der Waals surface area (Å²) in [5.41, 5.74) is 0. The number of hydrogen-bond acceptors (Lipinski definition) is 4. The molecule has 0 aromatic rings. The van der Waals surface area contributed by atoms with E-state index in [2.05, 4.69) is 20.8 Å². The first-order chi connectivity index (χ1) is 9.70. The Hall–Kier alpha value is -0.230. The fourth-order valence-corrected chi connectivity index (χ4v) is 6.67. The van der Waals surface area contributed by atoms with E-state index < -0.39 is 9.25 Å². The second-order valence-corrected chi connectivity index (χ2v) is 9.89. The summed E-state index contributed by atoms with van der Waals surface area (Å²) in [4.78, 5) is 8.02. The summed E-state index contributed by atoms with van der Waals surface area (Å²) in [6, 6.07) is 0. The van der Waals surface area contributed by atoms with Gasteiger partial charge in [0, 0.05) is 36.2 Å². The van der Waals surface area contributed by atoms with Gasteiger partial charge in [0.1, 0.15) is 0 Å². The number of allylic oxidation sites excluding steroid dienone is 1. The van der Waals surface area contributed by atoms with Gasteiger partial charge in [-0.3, -0.25) is 9.30 Å². The topological polar surface area (TPSA) is 18.8 Å². The van der Waals surface area contributed by atoms with Gasteiger partial charge in [-0.2, -0.15) is 0 Å². The summed E-state index contributed by atoms with van der Waals surface area (Å²) < 4.78 is 2.58. The van der Waals surface area contributed by atoms with Crippen molar-refractivity contribution in [2.45, 2.75) is 26.2 Å². The van der Waals surface area contributed by atoms with Crippen molar-refractivity contribution in [1.29, 1.82) is 0 Å². The molecular weight excluding hydrogens is 286 g/mol. The summed E-state index contributed by atoms with van der Waals surface area (Å²) in [5, 5.41) is 0. The van der Waals surface area contributed by atoms with E-state index in [9.17, 15) is 0 Å². The highest BCUT2D eigenvalue weighted by atomic mass is 33.1. The van der Waals surface area contributed by atoms with E-state index in [4.69, 9.17) is 11.7 Å². The van der Waals surface area contributed by atoms with E-state index in [0.717, 1.165) is 12.3 Å². The Morgan fingerprint density at radius 3 is 2.70 bits per heavy atom. The number of rotatable bonds is 7. The van der Waals surface area contributed by atoms with Gasteiger partial charge >= 0.3 is 0 Å². The normalized spacial score (nSPS) is 32.2. The van der Waals surface area contributed by atoms with E-state index in [-0.39, 0.29) is 0 Å². The van der Waals surface area contributed by atoms with Crippen LogP contribution in [0.2, 0.25) is 0 Å². The lowest BCUT2D eigenvalue weighted by Crippen LogP contribution is -2.38. The van der Waals surface area contributed by atoms with E-state index in [0.29, 0.717) is 0 Å². The predicted octanol–water partition coefficient (Wildman–Crippen LogP) is 3.47. The molecule has 0 saturated carbocycles. The third kappa shape index (κ3) is 3.70. The van der Waals surface area contributed by atoms with Crippen LogP contribution in [-0.2, 0) is 0 Å². The van der Waals surface area contributed by atoms with Crippen molar-refractivity contribution in [1.82, 2.24) is 9.21 Å². The van der Waals surface area contributed by atoms with Crippen molar-refractivity contribution in [2.75, 3.05) is 38.5 Å². The Bertz CT molecular complexity index is 391. The lowest BCUT2D eigenvalue weighted by molar-refractivity contribution is 0.176. The van der Waals surface area contributed by atoms with Gasteiger partial charge in [0.25, 0.3) is 0 Å². The molecule has 1 atom stereocenters. The minimum absolute atomic E-state index is 1.15. The van der Waals surface area contributed by atoms with Gasteiger partial charge < -0.3 is 4.90 Å². The maximum absolute atomic E-state index is 5.07. The molecule has 0 N–H and O–H groups in total. The Morgan fingerprint density at radius 2 is 2.10 bits per heavy atom. The molecule has 5 heteroatoms. The van der Waals surface area contributed by atoms with Gasteiger partial charge in [-0.15, -0.1) is 20.9 Å². The lowest BCUT2D eigenvalue weighted by Gasteiger charge is -2.40. The summed E-state index contributed by atoms with van der Waals surface area (Å²) in [6.45, 7) is 12.0. The predicted molar refractivity (Wildman–Crippen MR) is 95.8 cm³/mol. The van der Waals surface area contributed by atoms with Crippen LogP contribution in [0.5, 0.6) is 0 Å². The highest BCUT2D eigenvalue weighted by Crippen LogP contribution is 2.66. The minimum Gasteiger partial charge on any atom is -0.303 e. The summed E-state index contributed by atoms with van der Waals surface area (Å²) in [7, 11) is -1.16. The number of hydrogen-bond donors (Lipinski definition) is 1. The number of nitrogens with zero attached hydrogens (tertiary/aromatic N) is 3. The molecule has 2 fully saturated rings. The standard InChI is InChI=1S/C15H27N3S2/c1-3-15(14-16-4-2)20(19)13-7-12-18(20)11-6-10-17-8-5-9-17/h3-4,14,19H,1,5-13H2,2H3/b15-14+,16-4?. The second-order valence-electron chi connectivity index (χ2n) is 5.35. The van der Waals surface area contributed by atoms with Crippen molar-refractivity contribution < 1.29 is 0 Å². The Labute approximate surface area is 130 Å². The van der Waals surface area contributed by atoms with Gasteiger partial charge in [-0.05, 0) is 45.8 Å². The average molecular weight is 314 g/mol. The molecule has 20 heavy (non-hydrogen) atoms. The molecule has 0 radical (unpaired) electrons. The maximum Gasteiger partial charge on any atom is 0.0403 e. The van der Waals surface area contributed by atoms with Gasteiger partial charge in [-0.25, -0.2) is 0 Å². The molecule has 0 amide bonds. The largest absolute Gasteiger partial charge is 0.303 e. The zero-order valence-electron chi connectivity index (χ0n) is 12.5. The van der Waals surface area contributed by atoms with Crippen molar-refractivity contribution in [2.24, 2.45) is 4.99 Å². The first-order valence-corrected chi connectivity index (χ1v) is 10.3. The van der Waals surface area contributed by atoms with Crippen molar-refractivity contribution in [3.8, 4) is 0 Å². The van der Waals surface area contributed by atoms with Crippen LogP contribution >= 0.6 is 20.9 Å². The number of aliphatic imine (C=N–C) groups is 1. The maximum atomic E-state index is 5.07. The molecule has 0 spiro atoms. The SMILES string of the molecule is C=C/C(=C\N=CC)S1(S)CCCN1CCCN1CCC1. The van der Waals surface area contributed by atoms with E-state index in [1.165, 1.54) is 50.3 Å². The molecule has 114 valence electrons. The van der Waals surface area contributed by atoms with Crippen LogP contribution in [0.4, 0.5) is 0 Å². The summed E-state index contributed by atoms with van der Waals surface area (Å²) in [5.74, 6) is 1.16. The fraction of sp³-hybridized carbons (Fsp3) is 0.667. The molecule has 0 aromatic heterocycles. The first kappa shape index (κ1) is 16.1. The molecule has 0 aromatic carbocycles. The molecule has 0 aliphatic carbocycles. The number of likely N-dealkylation sites (tertiary alicyclic amines) is 1. The Kier molecular flexibility index (Phi) is 6.20. The molecule has 3 nitrogen and oxygen atoms in total. The second kappa shape index (κ2) is 7.69. The van der Waals surface area contributed by atoms with E-state index >= 15 is 0 Å². The monoisotopic (exact) mass is 313 g/mol. The van der Waals surface area contributed by atoms with Crippen LogP contribution in [-0.4, -0.2) is 53.9 Å². The highest BCUT2D eigenvalue weighted by Gasteiger charge is 2.35. The minimum atomic E-state index is -1.16. The quantitative estimate of drug-likeness (QED) is 0.336. The molecule has 2 saturated heterocycles. The summed E-state index contributed by atoms with van der Waals surface area (Å²) >= 11 is 5.07. The van der Waals surface area contributed by atoms with Crippen LogP contribution in [0, 0.1) is 0 Å². The van der Waals surface area contributed by atoms with Gasteiger partial charge in [-0.1, -0.05) is 12.7 Å². The van der Waals surface area contributed by atoms with Crippen LogP contribution < -0.4 is 0 Å². The van der Waals surface area contributed by atoms with Gasteiger partial charge in [0.2, 0.25) is 0 Å². The van der Waals surface area contributed by atoms with Gasteiger partial charge in [0.05, 0.1) is 0 Å². The fourth-order valence-electron chi connectivity index (χ4n) is 2.75. The van der Waals surface area contributed by atoms with Crippen molar-refractivity contribution >= 4 is 27.1 Å². The van der Waals surface area contributed by atoms with Gasteiger partial charge in [0.15, 0.2) is 0 Å². The van der Waals surface area contributed by atoms with E-state index in [1.807, 2.05) is 25.4 Å². The average Bonchev–Trinajstić information content (AvgIpc) is 2.76. The molecule has 2 aliphatic rings. The first-order valence-electron chi connectivity index (χ1n) is 7.52. The highest BCUT2D eigenvalue weighted by molar-refractivity contribution is 8.88. The van der Waals surface area contributed by atoms with Crippen LogP contribution in [0.15, 0.2) is 28.8 Å². The van der Waals surface area contributed by atoms with Crippen LogP contribution in [0.1, 0.15) is 26.2 Å². The number of thiol groups is 1. The zero-order valence-corrected chi connectivity index (χ0v) is 14.2. The molecule has 0 bridgehead atoms. The third-order valence-electron chi connectivity index (χ3n) is 4.02. The zero-order chi connectivity index (χ0) is 14.4. The van der Waals surface area contributed by atoms with Crippen molar-refractivity contribution in [3.63, 3.8) is 0 Å². The Morgan fingerprint density at radius 1 is 1.30 bits per heavy atom. The van der Waals surface area contributed by atoms with E-state index in [1.54, 1.807) is 0 Å². The molecule has 1 unspecified atom stereocenters.